The minimum absolute atomic E-state index is 0.0518. The van der Waals surface area contributed by atoms with Crippen molar-refractivity contribution < 1.29 is 28.6 Å². The van der Waals surface area contributed by atoms with E-state index < -0.39 is 24.0 Å². The van der Waals surface area contributed by atoms with Gasteiger partial charge >= 0.3 is 17.2 Å². The predicted molar refractivity (Wildman–Crippen MR) is 107 cm³/mol. The minimum atomic E-state index is -0.788. The van der Waals surface area contributed by atoms with E-state index in [4.69, 9.17) is 37.4 Å². The Morgan fingerprint density at radius 2 is 1.93 bits per heavy atom. The van der Waals surface area contributed by atoms with E-state index in [1.54, 1.807) is 26.0 Å². The molecule has 0 spiro atoms. The van der Waals surface area contributed by atoms with Gasteiger partial charge in [-0.1, -0.05) is 29.3 Å². The number of pyridine rings is 1. The molecule has 150 valence electrons. The molecule has 0 fully saturated rings. The first-order chi connectivity index (χ1) is 13.3. The van der Waals surface area contributed by atoms with Crippen molar-refractivity contribution in [2.75, 3.05) is 12.5 Å². The van der Waals surface area contributed by atoms with Crippen LogP contribution in [0.1, 0.15) is 30.6 Å². The average molecular weight is 446 g/mol. The summed E-state index contributed by atoms with van der Waals surface area (Å²) in [7, 11) is 0. The van der Waals surface area contributed by atoms with E-state index in [0.717, 1.165) is 11.8 Å². The number of halogens is 2. The number of nitrogens with zero attached hydrogens (tertiary/aromatic N) is 1. The summed E-state index contributed by atoms with van der Waals surface area (Å²) in [5, 5.41) is 0.498. The molecule has 0 amide bonds. The van der Waals surface area contributed by atoms with Gasteiger partial charge in [0.25, 0.3) is 0 Å². The molecule has 7 nitrogen and oxygen atoms in total. The lowest BCUT2D eigenvalue weighted by atomic mass is 10.1. The molecule has 0 N–H and O–H groups in total. The van der Waals surface area contributed by atoms with Crippen molar-refractivity contribution in [2.45, 2.75) is 26.4 Å². The quantitative estimate of drug-likeness (QED) is 0.440. The molecule has 0 radical (unpaired) electrons. The Kier molecular flexibility index (Phi) is 8.35. The third kappa shape index (κ3) is 6.54. The number of rotatable bonds is 7. The minimum Gasteiger partial charge on any atom is -0.463 e. The fourth-order valence-electron chi connectivity index (χ4n) is 2.13. The van der Waals surface area contributed by atoms with Gasteiger partial charge in [0, 0.05) is 17.3 Å². The molecule has 0 saturated carbocycles. The summed E-state index contributed by atoms with van der Waals surface area (Å²) >= 11 is 12.8. The zero-order chi connectivity index (χ0) is 20.7. The Morgan fingerprint density at radius 1 is 1.18 bits per heavy atom. The molecule has 0 bridgehead atoms. The normalized spacial score (nSPS) is 10.8. The molecule has 2 rings (SSSR count). The first-order valence-electron chi connectivity index (χ1n) is 8.18. The first-order valence-corrected chi connectivity index (χ1v) is 9.92. The Balaban J connectivity index is 1.84. The highest BCUT2D eigenvalue weighted by Gasteiger charge is 2.18. The SMILES string of the molecule is CC(C)OC(=O)CCSC(=O)OCOC(=O)c1c(Cl)ccc2cc(Cl)cnc12. The highest BCUT2D eigenvalue weighted by Crippen LogP contribution is 2.27. The van der Waals surface area contributed by atoms with Gasteiger partial charge in [-0.05, 0) is 37.7 Å². The standard InChI is InChI=1S/C18H17Cl2NO6S/c1-10(2)27-14(22)5-6-28-18(24)26-9-25-17(23)15-13(20)4-3-11-7-12(19)8-21-16(11)15/h3-4,7-8,10H,5-6,9H2,1-2H3. The molecule has 0 aliphatic carbocycles. The lowest BCUT2D eigenvalue weighted by Gasteiger charge is -2.09. The molecular weight excluding hydrogens is 429 g/mol. The van der Waals surface area contributed by atoms with Crippen molar-refractivity contribution in [1.82, 2.24) is 4.98 Å². The highest BCUT2D eigenvalue weighted by molar-refractivity contribution is 8.13. The van der Waals surface area contributed by atoms with Gasteiger partial charge in [0.05, 0.1) is 28.1 Å². The average Bonchev–Trinajstić information content (AvgIpc) is 2.61. The summed E-state index contributed by atoms with van der Waals surface area (Å²) in [5.74, 6) is -0.998. The number of fused-ring (bicyclic) bond motifs is 1. The second-order valence-corrected chi connectivity index (χ2v) is 7.60. The van der Waals surface area contributed by atoms with Gasteiger partial charge < -0.3 is 14.2 Å². The number of aromatic nitrogens is 1. The number of esters is 2. The zero-order valence-electron chi connectivity index (χ0n) is 15.1. The number of benzene rings is 1. The summed E-state index contributed by atoms with van der Waals surface area (Å²) < 4.78 is 14.7. The molecule has 0 atom stereocenters. The molecule has 1 aromatic heterocycles. The van der Waals surface area contributed by atoms with Gasteiger partial charge in [0.15, 0.2) is 0 Å². The van der Waals surface area contributed by atoms with Crippen molar-refractivity contribution in [3.8, 4) is 0 Å². The number of hydrogen-bond acceptors (Lipinski definition) is 8. The molecule has 28 heavy (non-hydrogen) atoms. The molecular formula is C18H17Cl2NO6S. The maximum Gasteiger partial charge on any atom is 0.370 e. The van der Waals surface area contributed by atoms with E-state index in [1.165, 1.54) is 12.3 Å². The molecule has 0 unspecified atom stereocenters. The van der Waals surface area contributed by atoms with Gasteiger partial charge in [-0.2, -0.15) is 0 Å². The lowest BCUT2D eigenvalue weighted by Crippen LogP contribution is -2.14. The van der Waals surface area contributed by atoms with Crippen LogP contribution in [-0.2, 0) is 19.0 Å². The fourth-order valence-corrected chi connectivity index (χ4v) is 3.09. The maximum absolute atomic E-state index is 12.3. The van der Waals surface area contributed by atoms with Crippen LogP contribution in [0.3, 0.4) is 0 Å². The lowest BCUT2D eigenvalue weighted by molar-refractivity contribution is -0.146. The van der Waals surface area contributed by atoms with Crippen LogP contribution in [0.5, 0.6) is 0 Å². The predicted octanol–water partition coefficient (Wildman–Crippen LogP) is 4.87. The Bertz CT molecular complexity index is 890. The van der Waals surface area contributed by atoms with E-state index >= 15 is 0 Å². The smallest absolute Gasteiger partial charge is 0.370 e. The van der Waals surface area contributed by atoms with Gasteiger partial charge in [-0.15, -0.1) is 0 Å². The van der Waals surface area contributed by atoms with Crippen LogP contribution < -0.4 is 0 Å². The van der Waals surface area contributed by atoms with Gasteiger partial charge in [-0.25, -0.2) is 9.59 Å². The van der Waals surface area contributed by atoms with Crippen molar-refractivity contribution in [1.29, 1.82) is 0 Å². The fraction of sp³-hybridized carbons (Fsp3) is 0.333. The zero-order valence-corrected chi connectivity index (χ0v) is 17.4. The van der Waals surface area contributed by atoms with E-state index in [-0.39, 0.29) is 28.9 Å². The van der Waals surface area contributed by atoms with Gasteiger partial charge in [0.2, 0.25) is 6.79 Å². The molecule has 0 aliphatic rings. The molecule has 2 aromatic rings. The number of carbonyl (C=O) groups is 3. The monoisotopic (exact) mass is 445 g/mol. The van der Waals surface area contributed by atoms with Crippen LogP contribution in [0.2, 0.25) is 10.0 Å². The third-order valence-corrected chi connectivity index (χ3v) is 4.52. The highest BCUT2D eigenvalue weighted by atomic mass is 35.5. The van der Waals surface area contributed by atoms with E-state index in [2.05, 4.69) is 4.98 Å². The molecule has 0 saturated heterocycles. The second kappa shape index (κ2) is 10.5. The maximum atomic E-state index is 12.3. The van der Waals surface area contributed by atoms with Crippen molar-refractivity contribution >= 4 is 63.1 Å². The number of carbonyl (C=O) groups excluding carboxylic acids is 3. The topological polar surface area (TPSA) is 91.8 Å². The molecule has 10 heteroatoms. The summed E-state index contributed by atoms with van der Waals surface area (Å²) in [4.78, 5) is 39.4. The van der Waals surface area contributed by atoms with Crippen LogP contribution in [0.25, 0.3) is 10.9 Å². The van der Waals surface area contributed by atoms with Crippen LogP contribution in [-0.4, -0.2) is 40.9 Å². The van der Waals surface area contributed by atoms with Gasteiger partial charge in [0.1, 0.15) is 5.56 Å². The summed E-state index contributed by atoms with van der Waals surface area (Å²) in [6.07, 6.45) is 1.24. The summed E-state index contributed by atoms with van der Waals surface area (Å²) in [6, 6.07) is 4.84. The van der Waals surface area contributed by atoms with E-state index in [0.29, 0.717) is 15.9 Å². The Hall–Kier alpha value is -2.03. The van der Waals surface area contributed by atoms with Crippen molar-refractivity contribution in [2.24, 2.45) is 0 Å². The summed E-state index contributed by atoms with van der Waals surface area (Å²) in [6.45, 7) is 2.88. The Morgan fingerprint density at radius 3 is 2.64 bits per heavy atom. The molecule has 1 heterocycles. The van der Waals surface area contributed by atoms with Crippen LogP contribution in [0.4, 0.5) is 4.79 Å². The summed E-state index contributed by atoms with van der Waals surface area (Å²) in [5.41, 5.74) is 0.377. The van der Waals surface area contributed by atoms with Gasteiger partial charge in [-0.3, -0.25) is 9.78 Å². The molecule has 0 aliphatic heterocycles. The second-order valence-electron chi connectivity index (χ2n) is 5.73. The number of ether oxygens (including phenoxy) is 3. The number of thioether (sulfide) groups is 1. The third-order valence-electron chi connectivity index (χ3n) is 3.23. The Labute approximate surface area is 175 Å². The van der Waals surface area contributed by atoms with E-state index in [9.17, 15) is 14.4 Å². The number of hydrogen-bond donors (Lipinski definition) is 0. The largest absolute Gasteiger partial charge is 0.463 e. The van der Waals surface area contributed by atoms with Crippen LogP contribution in [0.15, 0.2) is 24.4 Å². The van der Waals surface area contributed by atoms with Crippen LogP contribution in [0, 0.1) is 0 Å². The van der Waals surface area contributed by atoms with E-state index in [1.807, 2.05) is 0 Å². The van der Waals surface area contributed by atoms with Crippen molar-refractivity contribution in [3.63, 3.8) is 0 Å². The first kappa shape index (κ1) is 22.3. The van der Waals surface area contributed by atoms with Crippen LogP contribution >= 0.6 is 35.0 Å². The molecule has 1 aromatic carbocycles. The van der Waals surface area contributed by atoms with Crippen molar-refractivity contribution in [3.05, 3.63) is 40.0 Å².